The first-order valence-electron chi connectivity index (χ1n) is 8.72. The third-order valence-corrected chi connectivity index (χ3v) is 4.71. The molecule has 0 saturated heterocycles. The molecule has 0 amide bonds. The van der Waals surface area contributed by atoms with E-state index in [1.807, 2.05) is 12.1 Å². The van der Waals surface area contributed by atoms with Crippen LogP contribution in [0.25, 0.3) is 0 Å². The van der Waals surface area contributed by atoms with Crippen LogP contribution in [0, 0.1) is 5.92 Å². The first-order valence-corrected chi connectivity index (χ1v) is 8.72. The molecule has 0 unspecified atom stereocenters. The Morgan fingerprint density at radius 2 is 2.12 bits per heavy atom. The number of nitrogens with one attached hydrogen (secondary N) is 1. The van der Waals surface area contributed by atoms with E-state index in [-0.39, 0.29) is 12.6 Å². The van der Waals surface area contributed by atoms with E-state index in [4.69, 9.17) is 4.74 Å². The zero-order valence-corrected chi connectivity index (χ0v) is 15.1. The molecule has 1 atom stereocenters. The van der Waals surface area contributed by atoms with Crippen LogP contribution >= 0.6 is 0 Å². The molecule has 0 bridgehead atoms. The normalized spacial score (nSPS) is 15.0. The minimum atomic E-state index is -0.0511. The molecule has 0 spiro atoms. The van der Waals surface area contributed by atoms with Crippen LogP contribution in [0.3, 0.4) is 0 Å². The second kappa shape index (κ2) is 7.70. The van der Waals surface area contributed by atoms with Crippen molar-refractivity contribution in [3.05, 3.63) is 41.6 Å². The highest BCUT2D eigenvalue weighted by Gasteiger charge is 2.19. The third kappa shape index (κ3) is 4.02. The summed E-state index contributed by atoms with van der Waals surface area (Å²) >= 11 is 0. The van der Waals surface area contributed by atoms with Gasteiger partial charge in [0, 0.05) is 19.3 Å². The Kier molecular flexibility index (Phi) is 5.38. The van der Waals surface area contributed by atoms with Gasteiger partial charge >= 0.3 is 0 Å². The van der Waals surface area contributed by atoms with Gasteiger partial charge in [-0.2, -0.15) is 4.98 Å². The minimum Gasteiger partial charge on any atom is -0.497 e. The molecule has 6 nitrogen and oxygen atoms in total. The average Bonchev–Trinajstić information content (AvgIpc) is 2.65. The fourth-order valence-electron chi connectivity index (χ4n) is 3.04. The Hall–Kier alpha value is -2.34. The molecule has 25 heavy (non-hydrogen) atoms. The zero-order chi connectivity index (χ0) is 17.8. The molecule has 134 valence electrons. The molecule has 0 fully saturated rings. The monoisotopic (exact) mass is 342 g/mol. The lowest BCUT2D eigenvalue weighted by Crippen LogP contribution is -2.32. The van der Waals surface area contributed by atoms with Crippen LogP contribution in [-0.4, -0.2) is 41.4 Å². The summed E-state index contributed by atoms with van der Waals surface area (Å²) in [5, 5.41) is 12.7. The fraction of sp³-hybridized carbons (Fsp3) is 0.474. The Morgan fingerprint density at radius 3 is 2.84 bits per heavy atom. The average molecular weight is 342 g/mol. The standard InChI is InChI=1S/C19H26N4O2/c1-13(2)17(12-24)21-19-20-8-6-18(22-19)23-9-7-14-10-16(25-3)5-4-15(14)11-23/h4-6,8,10,13,17,24H,7,9,11-12H2,1-3H3,(H,20,21,22)/t17-/m0/s1. The maximum absolute atomic E-state index is 9.49. The number of benzene rings is 1. The number of hydrogen-bond donors (Lipinski definition) is 2. The van der Waals surface area contributed by atoms with E-state index in [1.165, 1.54) is 11.1 Å². The van der Waals surface area contributed by atoms with E-state index < -0.39 is 0 Å². The number of rotatable bonds is 6. The number of methoxy groups -OCH3 is 1. The second-order valence-electron chi connectivity index (χ2n) is 6.72. The summed E-state index contributed by atoms with van der Waals surface area (Å²) in [6.45, 7) is 5.92. The topological polar surface area (TPSA) is 70.5 Å². The van der Waals surface area contributed by atoms with Crippen molar-refractivity contribution in [2.24, 2.45) is 5.92 Å². The lowest BCUT2D eigenvalue weighted by Gasteiger charge is -2.30. The van der Waals surface area contributed by atoms with Crippen LogP contribution in [0.1, 0.15) is 25.0 Å². The number of aliphatic hydroxyl groups excluding tert-OH is 1. The molecular formula is C19H26N4O2. The van der Waals surface area contributed by atoms with E-state index in [9.17, 15) is 5.11 Å². The number of hydrogen-bond acceptors (Lipinski definition) is 6. The van der Waals surface area contributed by atoms with E-state index in [0.717, 1.165) is 31.1 Å². The summed E-state index contributed by atoms with van der Waals surface area (Å²) in [4.78, 5) is 11.2. The summed E-state index contributed by atoms with van der Waals surface area (Å²) in [6, 6.07) is 8.13. The molecular weight excluding hydrogens is 316 g/mol. The van der Waals surface area contributed by atoms with Gasteiger partial charge in [0.1, 0.15) is 11.6 Å². The van der Waals surface area contributed by atoms with E-state index in [0.29, 0.717) is 11.9 Å². The molecule has 0 radical (unpaired) electrons. The predicted molar refractivity (Wildman–Crippen MR) is 99.1 cm³/mol. The number of nitrogens with zero attached hydrogens (tertiary/aromatic N) is 3. The minimum absolute atomic E-state index is 0.0511. The highest BCUT2D eigenvalue weighted by molar-refractivity contribution is 5.48. The van der Waals surface area contributed by atoms with Crippen molar-refractivity contribution in [1.29, 1.82) is 0 Å². The molecule has 1 aliphatic heterocycles. The molecule has 1 aromatic heterocycles. The van der Waals surface area contributed by atoms with Crippen LogP contribution in [0.5, 0.6) is 5.75 Å². The summed E-state index contributed by atoms with van der Waals surface area (Å²) < 4.78 is 5.31. The van der Waals surface area contributed by atoms with Gasteiger partial charge in [0.15, 0.2) is 0 Å². The van der Waals surface area contributed by atoms with Gasteiger partial charge in [-0.1, -0.05) is 19.9 Å². The molecule has 0 saturated carbocycles. The third-order valence-electron chi connectivity index (χ3n) is 4.71. The maximum Gasteiger partial charge on any atom is 0.224 e. The van der Waals surface area contributed by atoms with Crippen molar-refractivity contribution in [1.82, 2.24) is 9.97 Å². The van der Waals surface area contributed by atoms with Crippen LogP contribution in [0.4, 0.5) is 11.8 Å². The Bertz CT molecular complexity index is 720. The molecule has 1 aromatic carbocycles. The van der Waals surface area contributed by atoms with Crippen molar-refractivity contribution in [3.8, 4) is 5.75 Å². The first kappa shape index (κ1) is 17.5. The van der Waals surface area contributed by atoms with Crippen molar-refractivity contribution in [3.63, 3.8) is 0 Å². The maximum atomic E-state index is 9.49. The molecule has 0 aliphatic carbocycles. The Labute approximate surface area is 148 Å². The molecule has 6 heteroatoms. The highest BCUT2D eigenvalue weighted by atomic mass is 16.5. The van der Waals surface area contributed by atoms with Crippen molar-refractivity contribution in [2.75, 3.05) is 30.5 Å². The molecule has 2 heterocycles. The SMILES string of the molecule is COc1ccc2c(c1)CCN(c1ccnc(N[C@@H](CO)C(C)C)n1)C2. The quantitative estimate of drug-likeness (QED) is 0.840. The van der Waals surface area contributed by atoms with Crippen LogP contribution in [0.15, 0.2) is 30.5 Å². The van der Waals surface area contributed by atoms with Gasteiger partial charge in [0.05, 0.1) is 19.8 Å². The van der Waals surface area contributed by atoms with Gasteiger partial charge in [-0.3, -0.25) is 0 Å². The van der Waals surface area contributed by atoms with E-state index in [2.05, 4.69) is 46.2 Å². The van der Waals surface area contributed by atoms with Gasteiger partial charge in [-0.05, 0) is 41.7 Å². The van der Waals surface area contributed by atoms with Gasteiger partial charge < -0.3 is 20.1 Å². The summed E-state index contributed by atoms with van der Waals surface area (Å²) in [5.74, 6) is 2.67. The summed E-state index contributed by atoms with van der Waals surface area (Å²) in [7, 11) is 1.70. The van der Waals surface area contributed by atoms with Crippen molar-refractivity contribution < 1.29 is 9.84 Å². The van der Waals surface area contributed by atoms with Gasteiger partial charge in [-0.15, -0.1) is 0 Å². The van der Waals surface area contributed by atoms with E-state index in [1.54, 1.807) is 13.3 Å². The number of fused-ring (bicyclic) bond motifs is 1. The number of aromatic nitrogens is 2. The highest BCUT2D eigenvalue weighted by Crippen LogP contribution is 2.26. The molecule has 1 aliphatic rings. The largest absolute Gasteiger partial charge is 0.497 e. The molecule has 2 N–H and O–H groups in total. The second-order valence-corrected chi connectivity index (χ2v) is 6.72. The number of ether oxygens (including phenoxy) is 1. The zero-order valence-electron chi connectivity index (χ0n) is 15.1. The van der Waals surface area contributed by atoms with Crippen molar-refractivity contribution in [2.45, 2.75) is 32.9 Å². The Balaban J connectivity index is 1.75. The van der Waals surface area contributed by atoms with Gasteiger partial charge in [0.25, 0.3) is 0 Å². The Morgan fingerprint density at radius 1 is 1.28 bits per heavy atom. The van der Waals surface area contributed by atoms with Crippen LogP contribution in [-0.2, 0) is 13.0 Å². The predicted octanol–water partition coefficient (Wildman–Crippen LogP) is 2.48. The first-order chi connectivity index (χ1) is 12.1. The fourth-order valence-corrected chi connectivity index (χ4v) is 3.04. The van der Waals surface area contributed by atoms with Gasteiger partial charge in [-0.25, -0.2) is 4.98 Å². The number of anilines is 2. The van der Waals surface area contributed by atoms with Gasteiger partial charge in [0.2, 0.25) is 5.95 Å². The summed E-state index contributed by atoms with van der Waals surface area (Å²) in [6.07, 6.45) is 2.73. The lowest BCUT2D eigenvalue weighted by atomic mass is 9.99. The lowest BCUT2D eigenvalue weighted by molar-refractivity contribution is 0.248. The smallest absolute Gasteiger partial charge is 0.224 e. The molecule has 3 rings (SSSR count). The van der Waals surface area contributed by atoms with Crippen LogP contribution < -0.4 is 15.0 Å². The van der Waals surface area contributed by atoms with E-state index >= 15 is 0 Å². The van der Waals surface area contributed by atoms with Crippen LogP contribution in [0.2, 0.25) is 0 Å². The van der Waals surface area contributed by atoms with Crippen molar-refractivity contribution >= 4 is 11.8 Å². The number of aliphatic hydroxyl groups is 1. The molecule has 2 aromatic rings. The summed E-state index contributed by atoms with van der Waals surface area (Å²) in [5.41, 5.74) is 2.64.